The largest absolute Gasteiger partial charge is 0.370 e. The number of primary amides is 1. The monoisotopic (exact) mass is 400 g/mol. The molecule has 0 aromatic carbocycles. The number of hydrazine groups is 1. The van der Waals surface area contributed by atoms with Crippen LogP contribution < -0.4 is 11.2 Å². The van der Waals surface area contributed by atoms with Crippen LogP contribution in [0.3, 0.4) is 0 Å². The van der Waals surface area contributed by atoms with Gasteiger partial charge in [-0.2, -0.15) is 0 Å². The van der Waals surface area contributed by atoms with Gasteiger partial charge in [0.2, 0.25) is 11.8 Å². The predicted molar refractivity (Wildman–Crippen MR) is 97.5 cm³/mol. The standard InChI is InChI=1S/C17H25ClN4O5/c1-10(2)6-12(8-14(23)13-7-11(3)27-21-13)17(26)20-22(16(25)9-18)5-4-15(19)24/h7,10,12H,4-6,8-9H2,1-3H3,(H2,19,24)(H,20,26)/t12-/m1/s1. The fraction of sp³-hybridized carbons (Fsp3) is 0.588. The fourth-order valence-electron chi connectivity index (χ4n) is 2.44. The smallest absolute Gasteiger partial charge is 0.255 e. The number of halogens is 1. The second-order valence-corrected chi connectivity index (χ2v) is 6.92. The van der Waals surface area contributed by atoms with Gasteiger partial charge in [0.25, 0.3) is 5.91 Å². The molecule has 0 fully saturated rings. The second-order valence-electron chi connectivity index (χ2n) is 6.65. The van der Waals surface area contributed by atoms with Gasteiger partial charge in [0.05, 0.1) is 6.54 Å². The number of aromatic nitrogens is 1. The lowest BCUT2D eigenvalue weighted by Gasteiger charge is -2.25. The highest BCUT2D eigenvalue weighted by Gasteiger charge is 2.27. The van der Waals surface area contributed by atoms with E-state index in [0.717, 1.165) is 5.01 Å². The number of nitrogens with one attached hydrogen (secondary N) is 1. The normalized spacial score (nSPS) is 11.9. The van der Waals surface area contributed by atoms with Gasteiger partial charge < -0.3 is 10.3 Å². The lowest BCUT2D eigenvalue weighted by Crippen LogP contribution is -2.50. The third-order valence-corrected chi connectivity index (χ3v) is 3.94. The molecule has 1 atom stereocenters. The molecule has 10 heteroatoms. The van der Waals surface area contributed by atoms with Gasteiger partial charge in [-0.3, -0.25) is 29.6 Å². The van der Waals surface area contributed by atoms with Crippen LogP contribution in [-0.2, 0) is 14.4 Å². The maximum atomic E-state index is 12.7. The number of ketones is 1. The Labute approximate surface area is 162 Å². The number of nitrogens with zero attached hydrogens (tertiary/aromatic N) is 2. The van der Waals surface area contributed by atoms with Crippen molar-refractivity contribution in [2.75, 3.05) is 12.4 Å². The number of amides is 3. The summed E-state index contributed by atoms with van der Waals surface area (Å²) >= 11 is 5.54. The summed E-state index contributed by atoms with van der Waals surface area (Å²) in [5.74, 6) is -2.47. The van der Waals surface area contributed by atoms with E-state index in [2.05, 4.69) is 10.6 Å². The number of carbonyl (C=O) groups is 4. The van der Waals surface area contributed by atoms with E-state index in [0.29, 0.717) is 12.2 Å². The molecule has 3 N–H and O–H groups in total. The summed E-state index contributed by atoms with van der Waals surface area (Å²) < 4.78 is 4.89. The summed E-state index contributed by atoms with van der Waals surface area (Å²) in [5.41, 5.74) is 7.68. The van der Waals surface area contributed by atoms with Crippen LogP contribution in [-0.4, -0.2) is 46.1 Å². The minimum Gasteiger partial charge on any atom is -0.370 e. The average molecular weight is 401 g/mol. The highest BCUT2D eigenvalue weighted by molar-refractivity contribution is 6.27. The molecule has 0 bridgehead atoms. The van der Waals surface area contributed by atoms with Crippen LogP contribution in [0.4, 0.5) is 0 Å². The molecule has 9 nitrogen and oxygen atoms in total. The summed E-state index contributed by atoms with van der Waals surface area (Å²) in [7, 11) is 0. The van der Waals surface area contributed by atoms with Crippen LogP contribution in [0, 0.1) is 18.8 Å². The van der Waals surface area contributed by atoms with E-state index in [9.17, 15) is 19.2 Å². The molecule has 150 valence electrons. The first-order chi connectivity index (χ1) is 12.6. The molecule has 1 aromatic rings. The Kier molecular flexibility index (Phi) is 8.93. The summed E-state index contributed by atoms with van der Waals surface area (Å²) in [5, 5.41) is 4.63. The van der Waals surface area contributed by atoms with Crippen LogP contribution in [0.25, 0.3) is 0 Å². The van der Waals surface area contributed by atoms with Crippen molar-refractivity contribution in [2.24, 2.45) is 17.6 Å². The van der Waals surface area contributed by atoms with Crippen molar-refractivity contribution < 1.29 is 23.7 Å². The third kappa shape index (κ3) is 7.78. The van der Waals surface area contributed by atoms with E-state index >= 15 is 0 Å². The molecule has 0 saturated heterocycles. The maximum Gasteiger partial charge on any atom is 0.255 e. The Morgan fingerprint density at radius 2 is 2.00 bits per heavy atom. The van der Waals surface area contributed by atoms with Crippen LogP contribution in [0.2, 0.25) is 0 Å². The fourth-order valence-corrected chi connectivity index (χ4v) is 2.58. The number of hydrogen-bond donors (Lipinski definition) is 2. The second kappa shape index (κ2) is 10.7. The van der Waals surface area contributed by atoms with Gasteiger partial charge in [0, 0.05) is 24.8 Å². The average Bonchev–Trinajstić information content (AvgIpc) is 3.03. The minimum absolute atomic E-state index is 0.0886. The Bertz CT molecular complexity index is 689. The van der Waals surface area contributed by atoms with E-state index in [4.69, 9.17) is 21.9 Å². The maximum absolute atomic E-state index is 12.7. The van der Waals surface area contributed by atoms with Crippen molar-refractivity contribution in [3.8, 4) is 0 Å². The predicted octanol–water partition coefficient (Wildman–Crippen LogP) is 1.19. The van der Waals surface area contributed by atoms with Gasteiger partial charge in [0.15, 0.2) is 5.78 Å². The molecule has 27 heavy (non-hydrogen) atoms. The zero-order chi connectivity index (χ0) is 20.6. The van der Waals surface area contributed by atoms with E-state index < -0.39 is 23.6 Å². The van der Waals surface area contributed by atoms with Gasteiger partial charge >= 0.3 is 0 Å². The Morgan fingerprint density at radius 1 is 1.33 bits per heavy atom. The molecule has 1 aromatic heterocycles. The number of aryl methyl sites for hydroxylation is 1. The van der Waals surface area contributed by atoms with E-state index in [1.165, 1.54) is 6.07 Å². The molecule has 0 saturated carbocycles. The number of hydrogen-bond acceptors (Lipinski definition) is 6. The zero-order valence-corrected chi connectivity index (χ0v) is 16.4. The minimum atomic E-state index is -0.686. The number of nitrogens with two attached hydrogens (primary N) is 1. The highest BCUT2D eigenvalue weighted by Crippen LogP contribution is 2.19. The number of rotatable bonds is 10. The quantitative estimate of drug-likeness (QED) is 0.344. The summed E-state index contributed by atoms with van der Waals surface area (Å²) in [6.07, 6.45) is 0.205. The third-order valence-electron chi connectivity index (χ3n) is 3.71. The molecule has 0 spiro atoms. The van der Waals surface area contributed by atoms with Crippen molar-refractivity contribution in [3.05, 3.63) is 17.5 Å². The van der Waals surface area contributed by atoms with E-state index in [1.807, 2.05) is 13.8 Å². The SMILES string of the molecule is Cc1cc(C(=O)C[C@@H](CC(C)C)C(=O)NN(CCC(N)=O)C(=O)CCl)no1. The van der Waals surface area contributed by atoms with Crippen molar-refractivity contribution >= 4 is 35.1 Å². The lowest BCUT2D eigenvalue weighted by molar-refractivity contribution is -0.142. The first kappa shape index (κ1) is 22.6. The molecule has 1 heterocycles. The summed E-state index contributed by atoms with van der Waals surface area (Å²) in [6, 6.07) is 1.50. The molecule has 0 aliphatic rings. The van der Waals surface area contributed by atoms with Gasteiger partial charge in [-0.15, -0.1) is 11.6 Å². The number of alkyl halides is 1. The van der Waals surface area contributed by atoms with Crippen molar-refractivity contribution in [1.29, 1.82) is 0 Å². The molecule has 0 unspecified atom stereocenters. The summed E-state index contributed by atoms with van der Waals surface area (Å²) in [4.78, 5) is 47.9. The molecular weight excluding hydrogens is 376 g/mol. The van der Waals surface area contributed by atoms with Crippen molar-refractivity contribution in [1.82, 2.24) is 15.6 Å². The van der Waals surface area contributed by atoms with E-state index in [1.54, 1.807) is 6.92 Å². The van der Waals surface area contributed by atoms with Crippen molar-refractivity contribution in [2.45, 2.75) is 40.0 Å². The molecule has 1 rings (SSSR count). The molecule has 0 aliphatic heterocycles. The van der Waals surface area contributed by atoms with Gasteiger partial charge in [-0.25, -0.2) is 0 Å². The first-order valence-electron chi connectivity index (χ1n) is 8.55. The summed E-state index contributed by atoms with van der Waals surface area (Å²) in [6.45, 7) is 5.40. The van der Waals surface area contributed by atoms with Crippen LogP contribution >= 0.6 is 11.6 Å². The highest BCUT2D eigenvalue weighted by atomic mass is 35.5. The lowest BCUT2D eigenvalue weighted by atomic mass is 9.91. The van der Waals surface area contributed by atoms with Crippen molar-refractivity contribution in [3.63, 3.8) is 0 Å². The van der Waals surface area contributed by atoms with Gasteiger partial charge in [-0.1, -0.05) is 19.0 Å². The Hall–Kier alpha value is -2.42. The van der Waals surface area contributed by atoms with Crippen LogP contribution in [0.5, 0.6) is 0 Å². The topological polar surface area (TPSA) is 136 Å². The van der Waals surface area contributed by atoms with Crippen LogP contribution in [0.1, 0.15) is 49.4 Å². The molecule has 0 aliphatic carbocycles. The Morgan fingerprint density at radius 3 is 2.48 bits per heavy atom. The molecule has 0 radical (unpaired) electrons. The zero-order valence-electron chi connectivity index (χ0n) is 15.7. The van der Waals surface area contributed by atoms with Gasteiger partial charge in [-0.05, 0) is 19.3 Å². The van der Waals surface area contributed by atoms with E-state index in [-0.39, 0.29) is 42.7 Å². The number of carbonyl (C=O) groups excluding carboxylic acids is 4. The molecule has 3 amide bonds. The van der Waals surface area contributed by atoms with Crippen LogP contribution in [0.15, 0.2) is 10.6 Å². The van der Waals surface area contributed by atoms with Gasteiger partial charge in [0.1, 0.15) is 17.3 Å². The Balaban J connectivity index is 2.86. The first-order valence-corrected chi connectivity index (χ1v) is 9.09. The molecular formula is C17H25ClN4O5. The number of Topliss-reactive ketones (excluding diaryl/α,β-unsaturated/α-hetero) is 1.